The lowest BCUT2D eigenvalue weighted by atomic mass is 10.1. The van der Waals surface area contributed by atoms with E-state index >= 15 is 0 Å². The molecule has 2 amide bonds. The summed E-state index contributed by atoms with van der Waals surface area (Å²) in [5.41, 5.74) is 1.29. The second kappa shape index (κ2) is 8.36. The Morgan fingerprint density at radius 1 is 1.03 bits per heavy atom. The number of hydrogen-bond donors (Lipinski definition) is 1. The van der Waals surface area contributed by atoms with Gasteiger partial charge in [0.15, 0.2) is 5.76 Å². The standard InChI is InChI=1S/C20H20N2O6S/c1-21-19(23)15-7-5-14(6-8-15)12-22(13-16-4-3-11-27-16)20(24)17-9-10-18(28-17)29(2,25)26/h3-11H,12-13H2,1-2H3,(H,21,23). The van der Waals surface area contributed by atoms with Crippen LogP contribution in [-0.4, -0.2) is 38.4 Å². The van der Waals surface area contributed by atoms with Crippen molar-refractivity contribution in [2.75, 3.05) is 13.3 Å². The predicted molar refractivity (Wildman–Crippen MR) is 104 cm³/mol. The largest absolute Gasteiger partial charge is 0.467 e. The first-order valence-electron chi connectivity index (χ1n) is 8.70. The monoisotopic (exact) mass is 416 g/mol. The molecule has 0 fully saturated rings. The van der Waals surface area contributed by atoms with Gasteiger partial charge in [0, 0.05) is 25.4 Å². The van der Waals surface area contributed by atoms with Crippen LogP contribution in [0.15, 0.2) is 68.7 Å². The van der Waals surface area contributed by atoms with E-state index < -0.39 is 15.7 Å². The highest BCUT2D eigenvalue weighted by Gasteiger charge is 2.23. The van der Waals surface area contributed by atoms with Crippen molar-refractivity contribution in [3.05, 3.63) is 77.4 Å². The van der Waals surface area contributed by atoms with Crippen LogP contribution in [0.25, 0.3) is 0 Å². The third kappa shape index (κ3) is 4.94. The normalized spacial score (nSPS) is 11.2. The van der Waals surface area contributed by atoms with Crippen molar-refractivity contribution in [2.45, 2.75) is 18.2 Å². The molecule has 8 nitrogen and oxygen atoms in total. The summed E-state index contributed by atoms with van der Waals surface area (Å²) in [4.78, 5) is 26.1. The van der Waals surface area contributed by atoms with Crippen LogP contribution in [0.4, 0.5) is 0 Å². The number of amides is 2. The molecule has 0 aliphatic carbocycles. The summed E-state index contributed by atoms with van der Waals surface area (Å²) < 4.78 is 33.9. The lowest BCUT2D eigenvalue weighted by Gasteiger charge is -2.21. The number of hydrogen-bond acceptors (Lipinski definition) is 6. The quantitative estimate of drug-likeness (QED) is 0.634. The molecule has 3 aromatic rings. The topological polar surface area (TPSA) is 110 Å². The molecular weight excluding hydrogens is 396 g/mol. The Morgan fingerprint density at radius 2 is 1.76 bits per heavy atom. The summed E-state index contributed by atoms with van der Waals surface area (Å²) in [6, 6.07) is 12.9. The lowest BCUT2D eigenvalue weighted by molar-refractivity contribution is 0.0679. The van der Waals surface area contributed by atoms with E-state index in [1.165, 1.54) is 23.3 Å². The summed E-state index contributed by atoms with van der Waals surface area (Å²) in [6.07, 6.45) is 2.51. The van der Waals surface area contributed by atoms with Crippen LogP contribution in [0, 0.1) is 0 Å². The van der Waals surface area contributed by atoms with Gasteiger partial charge in [-0.25, -0.2) is 8.42 Å². The second-order valence-corrected chi connectivity index (χ2v) is 8.35. The van der Waals surface area contributed by atoms with E-state index in [1.54, 1.807) is 43.4 Å². The van der Waals surface area contributed by atoms with E-state index in [9.17, 15) is 18.0 Å². The second-order valence-electron chi connectivity index (χ2n) is 6.41. The molecule has 0 bridgehead atoms. The maximum atomic E-state index is 13.0. The van der Waals surface area contributed by atoms with Crippen molar-refractivity contribution in [1.29, 1.82) is 0 Å². The van der Waals surface area contributed by atoms with Gasteiger partial charge in [-0.05, 0) is 42.0 Å². The SMILES string of the molecule is CNC(=O)c1ccc(CN(Cc2ccco2)C(=O)c2ccc(S(C)(=O)=O)o2)cc1. The van der Waals surface area contributed by atoms with Crippen molar-refractivity contribution in [1.82, 2.24) is 10.2 Å². The average Bonchev–Trinajstić information content (AvgIpc) is 3.38. The molecule has 0 unspecified atom stereocenters. The van der Waals surface area contributed by atoms with Crippen LogP contribution in [0.2, 0.25) is 0 Å². The van der Waals surface area contributed by atoms with Crippen molar-refractivity contribution < 1.29 is 26.8 Å². The molecule has 0 aliphatic rings. The van der Waals surface area contributed by atoms with Crippen LogP contribution in [0.3, 0.4) is 0 Å². The van der Waals surface area contributed by atoms with Crippen LogP contribution < -0.4 is 5.32 Å². The summed E-state index contributed by atoms with van der Waals surface area (Å²) >= 11 is 0. The Bertz CT molecular complexity index is 1100. The maximum Gasteiger partial charge on any atom is 0.290 e. The number of carbonyl (C=O) groups is 2. The Hall–Kier alpha value is -3.33. The van der Waals surface area contributed by atoms with Gasteiger partial charge in [-0.3, -0.25) is 9.59 Å². The highest BCUT2D eigenvalue weighted by molar-refractivity contribution is 7.90. The summed E-state index contributed by atoms with van der Waals surface area (Å²) in [7, 11) is -2.01. The van der Waals surface area contributed by atoms with Gasteiger partial charge in [0.1, 0.15) is 5.76 Å². The molecule has 0 radical (unpaired) electrons. The molecule has 29 heavy (non-hydrogen) atoms. The molecular formula is C20H20N2O6S. The fourth-order valence-corrected chi connectivity index (χ4v) is 3.26. The Kier molecular flexibility index (Phi) is 5.88. The van der Waals surface area contributed by atoms with Crippen LogP contribution in [-0.2, 0) is 22.9 Å². The molecule has 0 saturated carbocycles. The average molecular weight is 416 g/mol. The Labute approximate surface area is 168 Å². The minimum absolute atomic E-state index is 0.0843. The van der Waals surface area contributed by atoms with Crippen LogP contribution in [0.5, 0.6) is 0 Å². The third-order valence-electron chi connectivity index (χ3n) is 4.19. The highest BCUT2D eigenvalue weighted by atomic mass is 32.2. The smallest absolute Gasteiger partial charge is 0.290 e. The maximum absolute atomic E-state index is 13.0. The highest BCUT2D eigenvalue weighted by Crippen LogP contribution is 2.19. The van der Waals surface area contributed by atoms with Crippen molar-refractivity contribution in [3.63, 3.8) is 0 Å². The fraction of sp³-hybridized carbons (Fsp3) is 0.200. The van der Waals surface area contributed by atoms with E-state index in [4.69, 9.17) is 8.83 Å². The molecule has 0 saturated heterocycles. The summed E-state index contributed by atoms with van der Waals surface area (Å²) in [5, 5.41) is 2.28. The van der Waals surface area contributed by atoms with E-state index in [-0.39, 0.29) is 29.8 Å². The number of benzene rings is 1. The van der Waals surface area contributed by atoms with Gasteiger partial charge in [0.2, 0.25) is 14.9 Å². The predicted octanol–water partition coefficient (Wildman–Crippen LogP) is 2.48. The van der Waals surface area contributed by atoms with Gasteiger partial charge >= 0.3 is 0 Å². The number of nitrogens with zero attached hydrogens (tertiary/aromatic N) is 1. The zero-order chi connectivity index (χ0) is 21.0. The lowest BCUT2D eigenvalue weighted by Crippen LogP contribution is -2.29. The van der Waals surface area contributed by atoms with Crippen molar-refractivity contribution >= 4 is 21.7 Å². The molecule has 2 aromatic heterocycles. The van der Waals surface area contributed by atoms with Crippen LogP contribution >= 0.6 is 0 Å². The molecule has 0 atom stereocenters. The van der Waals surface area contributed by atoms with E-state index in [1.807, 2.05) is 0 Å². The molecule has 1 N–H and O–H groups in total. The minimum Gasteiger partial charge on any atom is -0.467 e. The van der Waals surface area contributed by atoms with Gasteiger partial charge in [-0.1, -0.05) is 12.1 Å². The molecule has 9 heteroatoms. The van der Waals surface area contributed by atoms with Gasteiger partial charge < -0.3 is 19.1 Å². The fourth-order valence-electron chi connectivity index (χ4n) is 2.71. The third-order valence-corrected chi connectivity index (χ3v) is 5.14. The molecule has 0 aliphatic heterocycles. The Balaban J connectivity index is 1.85. The van der Waals surface area contributed by atoms with Crippen molar-refractivity contribution in [2.24, 2.45) is 0 Å². The molecule has 1 aromatic carbocycles. The van der Waals surface area contributed by atoms with E-state index in [0.717, 1.165) is 11.8 Å². The first-order valence-corrected chi connectivity index (χ1v) is 10.6. The van der Waals surface area contributed by atoms with Gasteiger partial charge in [0.25, 0.3) is 11.8 Å². The minimum atomic E-state index is -3.56. The van der Waals surface area contributed by atoms with E-state index in [2.05, 4.69) is 5.32 Å². The number of sulfone groups is 1. The Morgan fingerprint density at radius 3 is 2.31 bits per heavy atom. The molecule has 3 rings (SSSR count). The number of carbonyl (C=O) groups excluding carboxylic acids is 2. The molecule has 0 spiro atoms. The number of nitrogens with one attached hydrogen (secondary N) is 1. The summed E-state index contributed by atoms with van der Waals surface area (Å²) in [6.45, 7) is 0.375. The van der Waals surface area contributed by atoms with Gasteiger partial charge in [-0.2, -0.15) is 0 Å². The van der Waals surface area contributed by atoms with Gasteiger partial charge in [-0.15, -0.1) is 0 Å². The zero-order valence-electron chi connectivity index (χ0n) is 15.9. The summed E-state index contributed by atoms with van der Waals surface area (Å²) in [5.74, 6) is -0.204. The van der Waals surface area contributed by atoms with Gasteiger partial charge in [0.05, 0.1) is 12.8 Å². The molecule has 2 heterocycles. The number of furan rings is 2. The first-order chi connectivity index (χ1) is 13.8. The van der Waals surface area contributed by atoms with Crippen molar-refractivity contribution in [3.8, 4) is 0 Å². The first kappa shape index (κ1) is 20.4. The molecule has 152 valence electrons. The number of rotatable bonds is 7. The van der Waals surface area contributed by atoms with Crippen LogP contribution in [0.1, 0.15) is 32.2 Å². The van der Waals surface area contributed by atoms with E-state index in [0.29, 0.717) is 11.3 Å². The zero-order valence-corrected chi connectivity index (χ0v) is 16.7.